The second kappa shape index (κ2) is 13.8. The highest BCUT2D eigenvalue weighted by atomic mass is 16.3. The second-order valence-corrected chi connectivity index (χ2v) is 16.8. The minimum absolute atomic E-state index is 0.547. The zero-order valence-electron chi connectivity index (χ0n) is 34.9. The van der Waals surface area contributed by atoms with Gasteiger partial charge in [-0.25, -0.2) is 15.0 Å². The van der Waals surface area contributed by atoms with Gasteiger partial charge in [0, 0.05) is 54.7 Å². The maximum absolute atomic E-state index is 6.66. The molecule has 4 aromatic heterocycles. The van der Waals surface area contributed by atoms with Crippen LogP contribution in [0.1, 0.15) is 0 Å². The lowest BCUT2D eigenvalue weighted by Crippen LogP contribution is -2.04. The molecule has 0 unspecified atom stereocenters. The van der Waals surface area contributed by atoms with E-state index in [9.17, 15) is 0 Å². The Morgan fingerprint density at radius 2 is 0.938 bits per heavy atom. The molecule has 0 amide bonds. The summed E-state index contributed by atoms with van der Waals surface area (Å²) in [5.74, 6) is 1.72. The standard InChI is InChI=1S/C59H35N5O/c1-2-19-41(20-3-1)63-50-26-12-9-23-44(50)56-45(24-14-27-51(56)63)58-60-57(40-30-29-36-15-4-5-16-37(36)31-40)61-59(62-58)48-35-55-47(43-22-10-13-28-54(43)65-55)34-53(48)64-49-25-11-8-21-42(49)46-32-38-17-6-7-18-39(38)33-52(46)64/h1-35H. The summed E-state index contributed by atoms with van der Waals surface area (Å²) < 4.78 is 11.4. The molecule has 302 valence electrons. The van der Waals surface area contributed by atoms with Crippen molar-refractivity contribution < 1.29 is 4.42 Å². The van der Waals surface area contributed by atoms with E-state index in [0.717, 1.165) is 93.6 Å². The minimum atomic E-state index is 0.547. The quantitative estimate of drug-likeness (QED) is 0.173. The molecular weight excluding hydrogens is 795 g/mol. The van der Waals surface area contributed by atoms with Crippen LogP contribution in [0.25, 0.3) is 133 Å². The zero-order valence-corrected chi connectivity index (χ0v) is 34.9. The van der Waals surface area contributed by atoms with Crippen molar-refractivity contribution in [2.24, 2.45) is 0 Å². The summed E-state index contributed by atoms with van der Waals surface area (Å²) in [5, 5.41) is 11.3. The number of aromatic nitrogens is 5. The molecule has 6 nitrogen and oxygen atoms in total. The average Bonchev–Trinajstić information content (AvgIpc) is 4.02. The first-order chi connectivity index (χ1) is 32.2. The summed E-state index contributed by atoms with van der Waals surface area (Å²) in [5.41, 5.74) is 10.7. The Bertz CT molecular complexity index is 4250. The SMILES string of the molecule is c1ccc(-n2c3ccccc3c3c(-c4nc(-c5ccc6ccccc6c5)nc(-c5cc6oc7ccccc7c6cc5-n5c6ccccc6c6cc7ccccc7cc65)n4)cccc32)cc1. The van der Waals surface area contributed by atoms with Gasteiger partial charge in [0.05, 0.1) is 27.8 Å². The topological polar surface area (TPSA) is 61.7 Å². The lowest BCUT2D eigenvalue weighted by molar-refractivity contribution is 0.669. The van der Waals surface area contributed by atoms with Crippen molar-refractivity contribution in [1.29, 1.82) is 0 Å². The number of benzene rings is 10. The van der Waals surface area contributed by atoms with Crippen LogP contribution in [-0.4, -0.2) is 24.1 Å². The Balaban J connectivity index is 1.11. The molecule has 0 saturated heterocycles. The fraction of sp³-hybridized carbons (Fsp3) is 0. The van der Waals surface area contributed by atoms with Gasteiger partial charge < -0.3 is 13.6 Å². The molecule has 14 aromatic rings. The van der Waals surface area contributed by atoms with E-state index in [1.165, 1.54) is 21.5 Å². The monoisotopic (exact) mass is 829 g/mol. The summed E-state index contributed by atoms with van der Waals surface area (Å²) in [6.07, 6.45) is 0. The highest BCUT2D eigenvalue weighted by Crippen LogP contribution is 2.43. The van der Waals surface area contributed by atoms with Gasteiger partial charge in [-0.15, -0.1) is 0 Å². The van der Waals surface area contributed by atoms with Crippen LogP contribution in [0.2, 0.25) is 0 Å². The van der Waals surface area contributed by atoms with Gasteiger partial charge in [0.25, 0.3) is 0 Å². The smallest absolute Gasteiger partial charge is 0.166 e. The molecule has 65 heavy (non-hydrogen) atoms. The van der Waals surface area contributed by atoms with Gasteiger partial charge in [-0.2, -0.15) is 0 Å². The number of nitrogens with zero attached hydrogens (tertiary/aromatic N) is 5. The summed E-state index contributed by atoms with van der Waals surface area (Å²) in [4.78, 5) is 16.4. The lowest BCUT2D eigenvalue weighted by atomic mass is 10.0. The first-order valence-electron chi connectivity index (χ1n) is 21.9. The molecule has 0 saturated carbocycles. The lowest BCUT2D eigenvalue weighted by Gasteiger charge is -2.16. The molecule has 0 radical (unpaired) electrons. The van der Waals surface area contributed by atoms with Crippen molar-refractivity contribution >= 4 is 87.1 Å². The maximum atomic E-state index is 6.66. The fourth-order valence-corrected chi connectivity index (χ4v) is 10.2. The van der Waals surface area contributed by atoms with Crippen molar-refractivity contribution in [3.63, 3.8) is 0 Å². The van der Waals surface area contributed by atoms with Gasteiger partial charge in [-0.1, -0.05) is 146 Å². The molecule has 6 heteroatoms. The third-order valence-corrected chi connectivity index (χ3v) is 13.1. The van der Waals surface area contributed by atoms with Crippen LogP contribution >= 0.6 is 0 Å². The Hall–Kier alpha value is -8.87. The first kappa shape index (κ1) is 35.7. The third kappa shape index (κ3) is 5.44. The van der Waals surface area contributed by atoms with E-state index in [2.05, 4.69) is 209 Å². The van der Waals surface area contributed by atoms with Crippen LogP contribution < -0.4 is 0 Å². The molecule has 0 spiro atoms. The highest BCUT2D eigenvalue weighted by molar-refractivity contribution is 6.17. The van der Waals surface area contributed by atoms with Crippen molar-refractivity contribution in [2.75, 3.05) is 0 Å². The van der Waals surface area contributed by atoms with Crippen molar-refractivity contribution in [3.8, 4) is 45.5 Å². The van der Waals surface area contributed by atoms with Crippen molar-refractivity contribution in [3.05, 3.63) is 212 Å². The Morgan fingerprint density at radius 1 is 0.323 bits per heavy atom. The van der Waals surface area contributed by atoms with E-state index < -0.39 is 0 Å². The van der Waals surface area contributed by atoms with Gasteiger partial charge in [0.15, 0.2) is 17.5 Å². The second-order valence-electron chi connectivity index (χ2n) is 16.8. The van der Waals surface area contributed by atoms with Gasteiger partial charge in [-0.05, 0) is 88.3 Å². The van der Waals surface area contributed by atoms with E-state index in [1.807, 2.05) is 12.1 Å². The number of furan rings is 1. The van der Waals surface area contributed by atoms with E-state index >= 15 is 0 Å². The third-order valence-electron chi connectivity index (χ3n) is 13.1. The van der Waals surface area contributed by atoms with Crippen molar-refractivity contribution in [2.45, 2.75) is 0 Å². The first-order valence-corrected chi connectivity index (χ1v) is 21.9. The number of hydrogen-bond donors (Lipinski definition) is 0. The Morgan fingerprint density at radius 3 is 1.75 bits per heavy atom. The molecular formula is C59H35N5O. The van der Waals surface area contributed by atoms with E-state index in [4.69, 9.17) is 19.4 Å². The van der Waals surface area contributed by atoms with E-state index in [-0.39, 0.29) is 0 Å². The van der Waals surface area contributed by atoms with Crippen molar-refractivity contribution in [1.82, 2.24) is 24.1 Å². The summed E-state index contributed by atoms with van der Waals surface area (Å²) >= 11 is 0. The predicted octanol–water partition coefficient (Wildman–Crippen LogP) is 15.3. The fourth-order valence-electron chi connectivity index (χ4n) is 10.2. The maximum Gasteiger partial charge on any atom is 0.166 e. The molecule has 0 atom stereocenters. The number of rotatable bonds is 5. The number of hydrogen-bond acceptors (Lipinski definition) is 4. The summed E-state index contributed by atoms with van der Waals surface area (Å²) in [7, 11) is 0. The predicted molar refractivity (Wildman–Crippen MR) is 267 cm³/mol. The van der Waals surface area contributed by atoms with Crippen LogP contribution in [0.5, 0.6) is 0 Å². The zero-order chi connectivity index (χ0) is 42.6. The Labute approximate surface area is 371 Å². The number of fused-ring (bicyclic) bond motifs is 11. The largest absolute Gasteiger partial charge is 0.456 e. The normalized spacial score (nSPS) is 12.0. The van der Waals surface area contributed by atoms with Crippen LogP contribution in [0.15, 0.2) is 217 Å². The molecule has 0 bridgehead atoms. The minimum Gasteiger partial charge on any atom is -0.456 e. The number of para-hydroxylation sites is 4. The molecule has 4 heterocycles. The average molecular weight is 830 g/mol. The van der Waals surface area contributed by atoms with Crippen LogP contribution in [0, 0.1) is 0 Å². The highest BCUT2D eigenvalue weighted by Gasteiger charge is 2.24. The van der Waals surface area contributed by atoms with Gasteiger partial charge in [0.1, 0.15) is 11.2 Å². The molecule has 14 rings (SSSR count). The van der Waals surface area contributed by atoms with E-state index in [0.29, 0.717) is 17.5 Å². The van der Waals surface area contributed by atoms with Gasteiger partial charge in [0.2, 0.25) is 0 Å². The van der Waals surface area contributed by atoms with Gasteiger partial charge in [-0.3, -0.25) is 0 Å². The molecule has 0 N–H and O–H groups in total. The molecule has 0 aliphatic carbocycles. The molecule has 0 aliphatic heterocycles. The molecule has 0 aliphatic rings. The van der Waals surface area contributed by atoms with Crippen LogP contribution in [0.4, 0.5) is 0 Å². The van der Waals surface area contributed by atoms with Gasteiger partial charge >= 0.3 is 0 Å². The van der Waals surface area contributed by atoms with Crippen LogP contribution in [-0.2, 0) is 0 Å². The molecule has 0 fully saturated rings. The molecule has 10 aromatic carbocycles. The van der Waals surface area contributed by atoms with E-state index in [1.54, 1.807) is 0 Å². The Kier molecular flexibility index (Phi) is 7.59. The summed E-state index contributed by atoms with van der Waals surface area (Å²) in [6, 6.07) is 75.0. The van der Waals surface area contributed by atoms with Crippen LogP contribution in [0.3, 0.4) is 0 Å². The summed E-state index contributed by atoms with van der Waals surface area (Å²) in [6.45, 7) is 0.